The maximum atomic E-state index is 13.9. The first-order chi connectivity index (χ1) is 42.4. The van der Waals surface area contributed by atoms with Gasteiger partial charge in [-0.05, 0) is 55.7 Å². The molecule has 3 amide bonds. The largest absolute Gasteiger partial charge is 0.505 e. The molecule has 0 aliphatic carbocycles. The van der Waals surface area contributed by atoms with Gasteiger partial charge in [0.15, 0.2) is 11.6 Å². The molecule has 486 valence electrons. The second-order valence-electron chi connectivity index (χ2n) is 20.1. The molecule has 28 nitrogen and oxygen atoms in total. The van der Waals surface area contributed by atoms with Gasteiger partial charge in [-0.15, -0.1) is 5.10 Å². The van der Waals surface area contributed by atoms with E-state index in [9.17, 15) is 44.3 Å². The van der Waals surface area contributed by atoms with Crippen molar-refractivity contribution >= 4 is 28.6 Å². The van der Waals surface area contributed by atoms with Gasteiger partial charge >= 0.3 is 0 Å². The number of aromatic hydroxyl groups is 1. The lowest BCUT2D eigenvalue weighted by Crippen LogP contribution is -2.46. The fourth-order valence-electron chi connectivity index (χ4n) is 8.55. The number of nitrogens with zero attached hydrogens (tertiary/aromatic N) is 4. The summed E-state index contributed by atoms with van der Waals surface area (Å²) < 4.78 is 87.7. The van der Waals surface area contributed by atoms with Crippen molar-refractivity contribution in [2.45, 2.75) is 81.2 Å². The Morgan fingerprint density at radius 2 is 1.11 bits per heavy atom. The number of phenols is 1. The number of nitrogens with one attached hydrogen (secondary N) is 3. The second kappa shape index (κ2) is 41.5. The minimum Gasteiger partial charge on any atom is -0.505 e. The number of phenolic OH excluding ortho intramolecular Hbond substituents is 1. The van der Waals surface area contributed by atoms with E-state index < -0.39 is 54.2 Å². The van der Waals surface area contributed by atoms with E-state index in [4.69, 9.17) is 66.6 Å². The smallest absolute Gasteiger partial charge is 0.222 e. The van der Waals surface area contributed by atoms with Crippen LogP contribution in [0.2, 0.25) is 0 Å². The highest BCUT2D eigenvalue weighted by atomic mass is 19.1. The molecule has 8 N–H and O–H groups in total. The molecule has 2 fully saturated rings. The average Bonchev–Trinajstić information content (AvgIpc) is 2.68. The van der Waals surface area contributed by atoms with Gasteiger partial charge in [0, 0.05) is 57.0 Å². The highest BCUT2D eigenvalue weighted by Gasteiger charge is 2.32. The summed E-state index contributed by atoms with van der Waals surface area (Å²) in [4.78, 5) is 42.9. The molecular formula is C58H86FN7O21. The number of aliphatic hydroxyl groups is 4. The lowest BCUT2D eigenvalue weighted by atomic mass is 10.0. The number of halogens is 1. The third-order valence-electron chi connectivity index (χ3n) is 13.4. The predicted octanol–water partition coefficient (Wildman–Crippen LogP) is 0.171. The first-order valence-electron chi connectivity index (χ1n) is 29.4. The molecule has 0 saturated carbocycles. The van der Waals surface area contributed by atoms with E-state index in [2.05, 4.69) is 26.3 Å². The summed E-state index contributed by atoms with van der Waals surface area (Å²) in [5.74, 6) is -1.42. The molecule has 2 aromatic carbocycles. The molecule has 2 aromatic heterocycles. The number of benzene rings is 2. The van der Waals surface area contributed by atoms with Crippen LogP contribution in [0.25, 0.3) is 28.0 Å². The van der Waals surface area contributed by atoms with Crippen LogP contribution in [0.1, 0.15) is 38.5 Å². The van der Waals surface area contributed by atoms with Gasteiger partial charge in [-0.25, -0.2) is 14.1 Å². The van der Waals surface area contributed by atoms with Crippen LogP contribution in [0.15, 0.2) is 54.7 Å². The first-order valence-corrected chi connectivity index (χ1v) is 29.4. The number of pyridine rings is 1. The Bertz CT molecular complexity index is 2500. The Hall–Kier alpha value is -5.71. The van der Waals surface area contributed by atoms with E-state index in [1.165, 1.54) is 16.8 Å². The Balaban J connectivity index is 0.808. The minimum atomic E-state index is -0.966. The quantitative estimate of drug-likeness (QED) is 0.0273. The van der Waals surface area contributed by atoms with E-state index in [1.807, 2.05) is 12.1 Å². The molecule has 2 aliphatic heterocycles. The van der Waals surface area contributed by atoms with Crippen LogP contribution < -0.4 is 20.7 Å². The van der Waals surface area contributed by atoms with Gasteiger partial charge in [0.2, 0.25) is 17.7 Å². The highest BCUT2D eigenvalue weighted by molar-refractivity contribution is 5.82. The molecule has 2 saturated heterocycles. The van der Waals surface area contributed by atoms with Crippen molar-refractivity contribution in [1.29, 1.82) is 0 Å². The Morgan fingerprint density at radius 1 is 0.586 bits per heavy atom. The third kappa shape index (κ3) is 27.7. The van der Waals surface area contributed by atoms with Crippen LogP contribution in [0.3, 0.4) is 0 Å². The van der Waals surface area contributed by atoms with Gasteiger partial charge in [-0.2, -0.15) is 0 Å². The number of fused-ring (bicyclic) bond motifs is 1. The number of hydrogen-bond donors (Lipinski definition) is 8. The van der Waals surface area contributed by atoms with E-state index in [0.29, 0.717) is 140 Å². The summed E-state index contributed by atoms with van der Waals surface area (Å²) in [5, 5.41) is 66.4. The monoisotopic (exact) mass is 1240 g/mol. The predicted molar refractivity (Wildman–Crippen MR) is 307 cm³/mol. The molecule has 6 rings (SSSR count). The molecule has 0 spiro atoms. The van der Waals surface area contributed by atoms with Crippen molar-refractivity contribution < 1.29 is 106 Å². The molecule has 0 bridgehead atoms. The van der Waals surface area contributed by atoms with Crippen molar-refractivity contribution in [2.75, 3.05) is 165 Å². The first kappa shape index (κ1) is 70.4. The highest BCUT2D eigenvalue weighted by Crippen LogP contribution is 2.25. The van der Waals surface area contributed by atoms with Gasteiger partial charge in [-0.3, -0.25) is 14.4 Å². The summed E-state index contributed by atoms with van der Waals surface area (Å²) in [6, 6.07) is 12.4. The molecule has 0 unspecified atom stereocenters. The number of carbonyl (C=O) groups is 3. The van der Waals surface area contributed by atoms with Gasteiger partial charge in [-0.1, -0.05) is 11.3 Å². The lowest BCUT2D eigenvalue weighted by Gasteiger charge is -2.31. The minimum absolute atomic E-state index is 0.0406. The molecule has 4 heterocycles. The number of aliphatic hydroxyl groups excluding tert-OH is 4. The van der Waals surface area contributed by atoms with Crippen molar-refractivity contribution in [2.24, 2.45) is 0 Å². The van der Waals surface area contributed by atoms with Crippen LogP contribution in [0.5, 0.6) is 11.5 Å². The van der Waals surface area contributed by atoms with Crippen LogP contribution in [-0.4, -0.2) is 271 Å². The number of carbonyl (C=O) groups excluding carboxylic acids is 3. The summed E-state index contributed by atoms with van der Waals surface area (Å²) >= 11 is 0. The SMILES string of the molecule is O=C(CCOCC(COCCC(=O)NCCOCCOCCOCCOC[C@H]1OCC[C@@H](O)[C@H]1O)NC(=O)CCCOc1ccc2nc(-c3cn(-c4ccc(O)c(F)c4)nn3)ccc2c1)NCCOCCOCCOCCOC[C@H]1OCC[C@@H](O)[C@H]1O. The fourth-order valence-corrected chi connectivity index (χ4v) is 8.55. The standard InChI is InChI=1S/C58H86FN7O21/c59-45-35-43(4-8-49(45)67)66-36-48(64-65-66)47-6-3-41-34-44(5-7-46(41)63-47)85-15-1-2-56(72)62-42(37-81-16-11-54(70)60-13-20-75-22-24-77-26-28-79-30-32-83-39-52-57(73)50(68)9-18-86-52)38-82-17-12-55(71)61-14-21-76-23-25-78-27-29-80-31-33-84-40-53-58(74)51(69)10-19-87-53/h3-8,34-36,42,50-53,57-58,67-69,73-74H,1-2,9-33,37-40H2,(H,60,70)(H,61,71)(H,62,72)/t50-,51-,52-,53-,57-,58-/m1/s1. The maximum Gasteiger partial charge on any atom is 0.222 e. The Morgan fingerprint density at radius 3 is 1.66 bits per heavy atom. The molecule has 87 heavy (non-hydrogen) atoms. The van der Waals surface area contributed by atoms with Gasteiger partial charge in [0.1, 0.15) is 35.9 Å². The molecule has 0 radical (unpaired) electrons. The number of rotatable bonds is 46. The lowest BCUT2D eigenvalue weighted by molar-refractivity contribution is -0.156. The summed E-state index contributed by atoms with van der Waals surface area (Å²) in [6.07, 6.45) is -1.62. The number of hydrogen-bond acceptors (Lipinski definition) is 24. The van der Waals surface area contributed by atoms with Crippen LogP contribution >= 0.6 is 0 Å². The maximum absolute atomic E-state index is 13.9. The number of ether oxygens (including phenoxy) is 13. The number of amides is 3. The van der Waals surface area contributed by atoms with Crippen LogP contribution in [0.4, 0.5) is 4.39 Å². The van der Waals surface area contributed by atoms with Crippen LogP contribution in [-0.2, 0) is 71.2 Å². The summed E-state index contributed by atoms with van der Waals surface area (Å²) in [6.45, 7) is 6.73. The van der Waals surface area contributed by atoms with Gasteiger partial charge in [0.05, 0.1) is 180 Å². The van der Waals surface area contributed by atoms with Gasteiger partial charge < -0.3 is 103 Å². The molecule has 29 heteroatoms. The van der Waals surface area contributed by atoms with E-state index in [0.717, 1.165) is 11.5 Å². The molecule has 6 atom stereocenters. The van der Waals surface area contributed by atoms with Gasteiger partial charge in [0.25, 0.3) is 0 Å². The van der Waals surface area contributed by atoms with Crippen LogP contribution in [0, 0.1) is 5.82 Å². The number of aromatic nitrogens is 4. The summed E-state index contributed by atoms with van der Waals surface area (Å²) in [5.41, 5.74) is 2.07. The van der Waals surface area contributed by atoms with Crippen molar-refractivity contribution in [3.63, 3.8) is 0 Å². The summed E-state index contributed by atoms with van der Waals surface area (Å²) in [7, 11) is 0. The molecule has 4 aromatic rings. The second-order valence-corrected chi connectivity index (χ2v) is 20.1. The normalized spacial score (nSPS) is 18.7. The van der Waals surface area contributed by atoms with E-state index in [-0.39, 0.29) is 110 Å². The van der Waals surface area contributed by atoms with Crippen molar-refractivity contribution in [3.8, 4) is 28.6 Å². The Kier molecular flexibility index (Phi) is 33.6. The zero-order valence-electron chi connectivity index (χ0n) is 49.1. The van der Waals surface area contributed by atoms with E-state index in [1.54, 1.807) is 24.4 Å². The van der Waals surface area contributed by atoms with Crippen molar-refractivity contribution in [3.05, 3.63) is 60.5 Å². The molecular weight excluding hydrogens is 1150 g/mol. The molecule has 2 aliphatic rings. The van der Waals surface area contributed by atoms with Crippen molar-refractivity contribution in [1.82, 2.24) is 35.9 Å². The van der Waals surface area contributed by atoms with E-state index >= 15 is 0 Å². The third-order valence-corrected chi connectivity index (χ3v) is 13.4. The zero-order valence-corrected chi connectivity index (χ0v) is 49.1. The zero-order chi connectivity index (χ0) is 61.7. The Labute approximate surface area is 504 Å². The fraction of sp³-hybridized carbons (Fsp3) is 0.655. The average molecular weight is 1240 g/mol. The topological polar surface area (TPSA) is 352 Å².